The van der Waals surface area contributed by atoms with E-state index in [0.717, 1.165) is 25.8 Å². The van der Waals surface area contributed by atoms with Gasteiger partial charge in [0.05, 0.1) is 11.7 Å². The van der Waals surface area contributed by atoms with Gasteiger partial charge in [0, 0.05) is 30.5 Å². The molecule has 0 aliphatic carbocycles. The third-order valence-corrected chi connectivity index (χ3v) is 3.77. The van der Waals surface area contributed by atoms with Gasteiger partial charge in [-0.3, -0.25) is 4.79 Å². The highest BCUT2D eigenvalue weighted by molar-refractivity contribution is 6.31. The minimum atomic E-state index is -0.115. The predicted molar refractivity (Wildman–Crippen MR) is 92.1 cm³/mol. The number of fused-ring (bicyclic) bond motifs is 1. The third-order valence-electron chi connectivity index (χ3n) is 3.53. The van der Waals surface area contributed by atoms with Crippen molar-refractivity contribution >= 4 is 34.9 Å². The zero-order valence-electron chi connectivity index (χ0n) is 12.4. The molecule has 0 saturated heterocycles. The fourth-order valence-electron chi connectivity index (χ4n) is 2.35. The molecule has 2 heterocycles. The van der Waals surface area contributed by atoms with E-state index in [4.69, 9.17) is 11.6 Å². The van der Waals surface area contributed by atoms with Gasteiger partial charge in [-0.2, -0.15) is 0 Å². The molecule has 3 aromatic rings. The van der Waals surface area contributed by atoms with E-state index >= 15 is 0 Å². The standard InChI is InChI=1S/C15H16ClN5O.ClH/c16-12-4-5-13-14(10-12)18-19-21(15(13)22)8-3-1-2-7-20-9-6-17-11-20;/h4-6,9-11H,1-3,7-8H2;1H. The Labute approximate surface area is 144 Å². The van der Waals surface area contributed by atoms with Crippen LogP contribution in [0.3, 0.4) is 0 Å². The van der Waals surface area contributed by atoms with Crippen molar-refractivity contribution in [3.63, 3.8) is 0 Å². The van der Waals surface area contributed by atoms with Crippen molar-refractivity contribution in [3.8, 4) is 0 Å². The predicted octanol–water partition coefficient (Wildman–Crippen LogP) is 2.93. The zero-order valence-corrected chi connectivity index (χ0v) is 14.0. The molecule has 8 heteroatoms. The van der Waals surface area contributed by atoms with Crippen molar-refractivity contribution in [3.05, 3.63) is 52.3 Å². The van der Waals surface area contributed by atoms with Gasteiger partial charge in [-0.05, 0) is 37.5 Å². The number of halogens is 2. The molecule has 0 atom stereocenters. The van der Waals surface area contributed by atoms with Gasteiger partial charge in [-0.25, -0.2) is 9.67 Å². The SMILES string of the molecule is Cl.O=c1c2ccc(Cl)cc2nnn1CCCCCn1ccnc1. The number of imidazole rings is 1. The first-order valence-corrected chi connectivity index (χ1v) is 7.60. The highest BCUT2D eigenvalue weighted by Gasteiger charge is 2.05. The number of nitrogens with zero attached hydrogens (tertiary/aromatic N) is 5. The number of aryl methyl sites for hydroxylation is 2. The average molecular weight is 354 g/mol. The number of rotatable bonds is 6. The van der Waals surface area contributed by atoms with Crippen LogP contribution in [0.15, 0.2) is 41.7 Å². The molecular weight excluding hydrogens is 337 g/mol. The van der Waals surface area contributed by atoms with Crippen molar-refractivity contribution in [1.29, 1.82) is 0 Å². The summed E-state index contributed by atoms with van der Waals surface area (Å²) in [5, 5.41) is 9.14. The molecule has 0 fully saturated rings. The Bertz CT molecular complexity index is 816. The van der Waals surface area contributed by atoms with Crippen LogP contribution in [0.5, 0.6) is 0 Å². The van der Waals surface area contributed by atoms with Gasteiger partial charge in [0.1, 0.15) is 5.52 Å². The van der Waals surface area contributed by atoms with Crippen LogP contribution in [0.4, 0.5) is 0 Å². The summed E-state index contributed by atoms with van der Waals surface area (Å²) in [7, 11) is 0. The van der Waals surface area contributed by atoms with Crippen LogP contribution in [0.1, 0.15) is 19.3 Å². The van der Waals surface area contributed by atoms with E-state index in [1.807, 2.05) is 17.1 Å². The second kappa shape index (κ2) is 8.08. The Morgan fingerprint density at radius 1 is 1.13 bits per heavy atom. The van der Waals surface area contributed by atoms with Crippen LogP contribution < -0.4 is 5.56 Å². The molecule has 0 N–H and O–H groups in total. The van der Waals surface area contributed by atoms with Gasteiger partial charge in [0.25, 0.3) is 5.56 Å². The summed E-state index contributed by atoms with van der Waals surface area (Å²) >= 11 is 5.89. The number of benzene rings is 1. The molecule has 0 unspecified atom stereocenters. The molecule has 0 spiro atoms. The van der Waals surface area contributed by atoms with Gasteiger partial charge in [-0.15, -0.1) is 17.5 Å². The minimum absolute atomic E-state index is 0. The van der Waals surface area contributed by atoms with Crippen LogP contribution >= 0.6 is 24.0 Å². The lowest BCUT2D eigenvalue weighted by atomic mass is 10.2. The number of hydrogen-bond acceptors (Lipinski definition) is 4. The molecule has 0 aliphatic heterocycles. The molecular formula is C15H17Cl2N5O. The van der Waals surface area contributed by atoms with Gasteiger partial charge in [0.15, 0.2) is 0 Å². The maximum absolute atomic E-state index is 12.3. The first-order valence-electron chi connectivity index (χ1n) is 7.23. The topological polar surface area (TPSA) is 65.6 Å². The van der Waals surface area contributed by atoms with Gasteiger partial charge >= 0.3 is 0 Å². The van der Waals surface area contributed by atoms with E-state index in [2.05, 4.69) is 15.3 Å². The zero-order chi connectivity index (χ0) is 15.4. The second-order valence-corrected chi connectivity index (χ2v) is 5.58. The number of unbranched alkanes of at least 4 members (excludes halogenated alkanes) is 2. The summed E-state index contributed by atoms with van der Waals surface area (Å²) in [5.41, 5.74) is 0.421. The highest BCUT2D eigenvalue weighted by Crippen LogP contribution is 2.13. The van der Waals surface area contributed by atoms with Crippen LogP contribution in [0.25, 0.3) is 10.9 Å². The van der Waals surface area contributed by atoms with E-state index < -0.39 is 0 Å². The van der Waals surface area contributed by atoms with E-state index in [0.29, 0.717) is 22.5 Å². The maximum atomic E-state index is 12.3. The molecule has 0 bridgehead atoms. The Hall–Kier alpha value is -1.92. The monoisotopic (exact) mass is 353 g/mol. The Morgan fingerprint density at radius 2 is 1.96 bits per heavy atom. The Kier molecular flexibility index (Phi) is 6.12. The van der Waals surface area contributed by atoms with Gasteiger partial charge in [-0.1, -0.05) is 16.8 Å². The highest BCUT2D eigenvalue weighted by atomic mass is 35.5. The molecule has 1 aromatic carbocycles. The second-order valence-electron chi connectivity index (χ2n) is 5.14. The summed E-state index contributed by atoms with van der Waals surface area (Å²) in [4.78, 5) is 16.3. The number of hydrogen-bond donors (Lipinski definition) is 0. The quantitative estimate of drug-likeness (QED) is 0.639. The first-order chi connectivity index (χ1) is 10.7. The van der Waals surface area contributed by atoms with Crippen molar-refractivity contribution in [2.24, 2.45) is 0 Å². The van der Waals surface area contributed by atoms with Crippen molar-refractivity contribution < 1.29 is 0 Å². The molecule has 0 amide bonds. The lowest BCUT2D eigenvalue weighted by molar-refractivity contribution is 0.489. The van der Waals surface area contributed by atoms with Crippen LogP contribution in [0.2, 0.25) is 5.02 Å². The van der Waals surface area contributed by atoms with Crippen molar-refractivity contribution in [2.75, 3.05) is 0 Å². The third kappa shape index (κ3) is 4.30. The molecule has 0 aliphatic rings. The molecule has 3 rings (SSSR count). The summed E-state index contributed by atoms with van der Waals surface area (Å²) < 4.78 is 3.47. The van der Waals surface area contributed by atoms with Crippen LogP contribution in [-0.4, -0.2) is 24.5 Å². The molecule has 23 heavy (non-hydrogen) atoms. The number of aromatic nitrogens is 5. The first kappa shape index (κ1) is 17.4. The molecule has 6 nitrogen and oxygen atoms in total. The lowest BCUT2D eigenvalue weighted by Crippen LogP contribution is -2.24. The van der Waals surface area contributed by atoms with Crippen LogP contribution in [-0.2, 0) is 13.1 Å². The maximum Gasteiger partial charge on any atom is 0.277 e. The molecule has 0 radical (unpaired) electrons. The van der Waals surface area contributed by atoms with Crippen LogP contribution in [0, 0.1) is 0 Å². The average Bonchev–Trinajstić information content (AvgIpc) is 3.02. The Morgan fingerprint density at radius 3 is 2.74 bits per heavy atom. The minimum Gasteiger partial charge on any atom is -0.337 e. The van der Waals surface area contributed by atoms with Crippen molar-refractivity contribution in [2.45, 2.75) is 32.4 Å². The van der Waals surface area contributed by atoms with E-state index in [1.54, 1.807) is 24.4 Å². The summed E-state index contributed by atoms with van der Waals surface area (Å²) in [6.45, 7) is 1.52. The van der Waals surface area contributed by atoms with Gasteiger partial charge < -0.3 is 4.57 Å². The summed E-state index contributed by atoms with van der Waals surface area (Å²) in [6.07, 6.45) is 8.49. The Balaban J connectivity index is 0.00000192. The fraction of sp³-hybridized carbons (Fsp3) is 0.333. The normalized spacial score (nSPS) is 10.7. The molecule has 0 saturated carbocycles. The smallest absolute Gasteiger partial charge is 0.277 e. The van der Waals surface area contributed by atoms with Crippen molar-refractivity contribution in [1.82, 2.24) is 24.5 Å². The van der Waals surface area contributed by atoms with E-state index in [1.165, 1.54) is 4.68 Å². The van der Waals surface area contributed by atoms with E-state index in [9.17, 15) is 4.79 Å². The molecule has 2 aromatic heterocycles. The largest absolute Gasteiger partial charge is 0.337 e. The summed E-state index contributed by atoms with van der Waals surface area (Å²) in [5.74, 6) is 0. The summed E-state index contributed by atoms with van der Waals surface area (Å²) in [6, 6.07) is 5.05. The van der Waals surface area contributed by atoms with Gasteiger partial charge in [0.2, 0.25) is 0 Å². The molecule has 122 valence electrons. The fourth-order valence-corrected chi connectivity index (χ4v) is 2.51. The van der Waals surface area contributed by atoms with E-state index in [-0.39, 0.29) is 18.0 Å². The lowest BCUT2D eigenvalue weighted by Gasteiger charge is -2.05.